The van der Waals surface area contributed by atoms with E-state index in [-0.39, 0.29) is 17.4 Å². The number of aryl methyl sites for hydroxylation is 2. The molecule has 0 radical (unpaired) electrons. The molecule has 0 aliphatic carbocycles. The maximum Gasteiger partial charge on any atom is 0.196 e. The second-order valence-corrected chi connectivity index (χ2v) is 4.24. The fourth-order valence-corrected chi connectivity index (χ4v) is 1.68. The zero-order valence-electron chi connectivity index (χ0n) is 10.5. The lowest BCUT2D eigenvalue weighted by Crippen LogP contribution is -2.03. The summed E-state index contributed by atoms with van der Waals surface area (Å²) >= 11 is 0. The molecule has 0 amide bonds. The lowest BCUT2D eigenvalue weighted by Gasteiger charge is -2.05. The zero-order chi connectivity index (χ0) is 13.3. The predicted octanol–water partition coefficient (Wildman–Crippen LogP) is 3.10. The number of benzene rings is 1. The Morgan fingerprint density at radius 1 is 1.17 bits per heavy atom. The first kappa shape index (κ1) is 12.4. The van der Waals surface area contributed by atoms with E-state index >= 15 is 0 Å². The molecule has 0 aliphatic rings. The van der Waals surface area contributed by atoms with Crippen LogP contribution in [0.1, 0.15) is 28.8 Å². The van der Waals surface area contributed by atoms with Gasteiger partial charge in [0, 0.05) is 18.2 Å². The second kappa shape index (κ2) is 4.64. The van der Waals surface area contributed by atoms with Crippen LogP contribution in [0.3, 0.4) is 0 Å². The van der Waals surface area contributed by atoms with Crippen LogP contribution in [0.15, 0.2) is 24.3 Å². The van der Waals surface area contributed by atoms with E-state index < -0.39 is 0 Å². The molecule has 0 aliphatic heterocycles. The molecular formula is C14H13FN2O. The number of carbonyl (C=O) groups excluding carboxylic acids is 1. The minimum atomic E-state index is -0.253. The lowest BCUT2D eigenvalue weighted by molar-refractivity contribution is 0.100. The first-order valence-electron chi connectivity index (χ1n) is 5.60. The smallest absolute Gasteiger partial charge is 0.196 e. The summed E-state index contributed by atoms with van der Waals surface area (Å²) in [7, 11) is 0. The number of rotatable bonds is 2. The molecule has 0 saturated heterocycles. The molecule has 0 fully saturated rings. The molecular weight excluding hydrogens is 231 g/mol. The normalized spacial score (nSPS) is 10.4. The molecule has 1 heterocycles. The number of aromatic nitrogens is 2. The molecule has 2 rings (SSSR count). The number of nitrogens with zero attached hydrogens (tertiary/aromatic N) is 2. The minimum absolute atomic E-state index is 0.182. The number of hydrogen-bond donors (Lipinski definition) is 0. The number of carbonyl (C=O) groups is 1. The van der Waals surface area contributed by atoms with E-state index in [1.54, 1.807) is 32.0 Å². The number of hydrogen-bond acceptors (Lipinski definition) is 3. The Labute approximate surface area is 105 Å². The standard InChI is InChI=1S/C14H13FN2O/c1-8-6-11(4-5-12(8)15)13-7-9(2)16-14(17-13)10(3)18/h4-7H,1-3H3. The Kier molecular flexibility index (Phi) is 3.19. The van der Waals surface area contributed by atoms with E-state index in [0.29, 0.717) is 17.0 Å². The Morgan fingerprint density at radius 3 is 2.50 bits per heavy atom. The van der Waals surface area contributed by atoms with Gasteiger partial charge in [-0.05, 0) is 43.7 Å². The highest BCUT2D eigenvalue weighted by Gasteiger charge is 2.09. The maximum atomic E-state index is 13.2. The van der Waals surface area contributed by atoms with Gasteiger partial charge in [-0.1, -0.05) is 0 Å². The van der Waals surface area contributed by atoms with Crippen molar-refractivity contribution in [2.24, 2.45) is 0 Å². The van der Waals surface area contributed by atoms with E-state index in [1.807, 2.05) is 0 Å². The van der Waals surface area contributed by atoms with E-state index in [1.165, 1.54) is 13.0 Å². The summed E-state index contributed by atoms with van der Waals surface area (Å²) in [5.41, 5.74) is 2.68. The fraction of sp³-hybridized carbons (Fsp3) is 0.214. The van der Waals surface area contributed by atoms with Crippen molar-refractivity contribution < 1.29 is 9.18 Å². The van der Waals surface area contributed by atoms with Crippen molar-refractivity contribution >= 4 is 5.78 Å². The SMILES string of the molecule is CC(=O)c1nc(C)cc(-c2ccc(F)c(C)c2)n1. The number of halogens is 1. The quantitative estimate of drug-likeness (QED) is 0.762. The van der Waals surface area contributed by atoms with E-state index in [9.17, 15) is 9.18 Å². The zero-order valence-corrected chi connectivity index (χ0v) is 10.5. The van der Waals surface area contributed by atoms with Crippen molar-refractivity contribution in [3.63, 3.8) is 0 Å². The third-order valence-corrected chi connectivity index (χ3v) is 2.62. The summed E-state index contributed by atoms with van der Waals surface area (Å²) in [6.45, 7) is 4.92. The lowest BCUT2D eigenvalue weighted by atomic mass is 10.1. The van der Waals surface area contributed by atoms with Gasteiger partial charge in [0.2, 0.25) is 0 Å². The second-order valence-electron chi connectivity index (χ2n) is 4.24. The summed E-state index contributed by atoms with van der Waals surface area (Å²) in [5, 5.41) is 0. The molecule has 92 valence electrons. The average molecular weight is 244 g/mol. The summed E-state index contributed by atoms with van der Waals surface area (Å²) in [6, 6.07) is 6.53. The fourth-order valence-electron chi connectivity index (χ4n) is 1.68. The maximum absolute atomic E-state index is 13.2. The van der Waals surface area contributed by atoms with E-state index in [2.05, 4.69) is 9.97 Å². The molecule has 0 unspecified atom stereocenters. The Bertz CT molecular complexity index is 623. The molecule has 0 N–H and O–H groups in total. The molecule has 4 heteroatoms. The highest BCUT2D eigenvalue weighted by Crippen LogP contribution is 2.20. The highest BCUT2D eigenvalue weighted by molar-refractivity contribution is 5.90. The van der Waals surface area contributed by atoms with Gasteiger partial charge < -0.3 is 0 Å². The molecule has 0 atom stereocenters. The number of Topliss-reactive ketones (excluding diaryl/α,β-unsaturated/α-hetero) is 1. The Hall–Kier alpha value is -2.10. The van der Waals surface area contributed by atoms with Crippen LogP contribution in [-0.2, 0) is 0 Å². The topological polar surface area (TPSA) is 42.9 Å². The van der Waals surface area contributed by atoms with Crippen LogP contribution in [0, 0.1) is 19.7 Å². The predicted molar refractivity (Wildman–Crippen MR) is 66.9 cm³/mol. The Morgan fingerprint density at radius 2 is 1.89 bits per heavy atom. The third kappa shape index (κ3) is 2.42. The van der Waals surface area contributed by atoms with Crippen LogP contribution in [0.2, 0.25) is 0 Å². The molecule has 0 spiro atoms. The van der Waals surface area contributed by atoms with Gasteiger partial charge in [-0.3, -0.25) is 4.79 Å². The largest absolute Gasteiger partial charge is 0.291 e. The van der Waals surface area contributed by atoms with Gasteiger partial charge >= 0.3 is 0 Å². The minimum Gasteiger partial charge on any atom is -0.291 e. The van der Waals surface area contributed by atoms with Crippen LogP contribution in [0.5, 0.6) is 0 Å². The summed E-state index contributed by atoms with van der Waals surface area (Å²) in [4.78, 5) is 19.6. The van der Waals surface area contributed by atoms with Gasteiger partial charge in [-0.15, -0.1) is 0 Å². The van der Waals surface area contributed by atoms with Crippen LogP contribution < -0.4 is 0 Å². The van der Waals surface area contributed by atoms with Crippen molar-refractivity contribution in [2.75, 3.05) is 0 Å². The average Bonchev–Trinajstić information content (AvgIpc) is 2.31. The van der Waals surface area contributed by atoms with Gasteiger partial charge in [-0.2, -0.15) is 0 Å². The molecule has 1 aromatic carbocycles. The third-order valence-electron chi connectivity index (χ3n) is 2.62. The van der Waals surface area contributed by atoms with Gasteiger partial charge in [0.25, 0.3) is 0 Å². The molecule has 0 saturated carbocycles. The molecule has 0 bridgehead atoms. The van der Waals surface area contributed by atoms with E-state index in [0.717, 1.165) is 5.56 Å². The number of ketones is 1. The van der Waals surface area contributed by atoms with Gasteiger partial charge in [0.05, 0.1) is 5.69 Å². The van der Waals surface area contributed by atoms with E-state index in [4.69, 9.17) is 0 Å². The summed E-state index contributed by atoms with van der Waals surface area (Å²) in [6.07, 6.45) is 0. The molecule has 1 aromatic heterocycles. The van der Waals surface area contributed by atoms with Gasteiger partial charge in [0.15, 0.2) is 11.6 Å². The van der Waals surface area contributed by atoms with Crippen molar-refractivity contribution in [3.05, 3.63) is 47.2 Å². The van der Waals surface area contributed by atoms with Crippen molar-refractivity contribution in [3.8, 4) is 11.3 Å². The molecule has 2 aromatic rings. The van der Waals surface area contributed by atoms with Gasteiger partial charge in [-0.25, -0.2) is 14.4 Å². The van der Waals surface area contributed by atoms with Crippen molar-refractivity contribution in [2.45, 2.75) is 20.8 Å². The Balaban J connectivity index is 2.56. The van der Waals surface area contributed by atoms with Crippen LogP contribution in [0.25, 0.3) is 11.3 Å². The van der Waals surface area contributed by atoms with Crippen molar-refractivity contribution in [1.29, 1.82) is 0 Å². The van der Waals surface area contributed by atoms with Crippen LogP contribution in [0.4, 0.5) is 4.39 Å². The summed E-state index contributed by atoms with van der Waals surface area (Å²) < 4.78 is 13.2. The molecule has 18 heavy (non-hydrogen) atoms. The molecule has 3 nitrogen and oxygen atoms in total. The van der Waals surface area contributed by atoms with Crippen molar-refractivity contribution in [1.82, 2.24) is 9.97 Å². The monoisotopic (exact) mass is 244 g/mol. The highest BCUT2D eigenvalue weighted by atomic mass is 19.1. The van der Waals surface area contributed by atoms with Gasteiger partial charge in [0.1, 0.15) is 5.82 Å². The summed E-state index contributed by atoms with van der Waals surface area (Å²) in [5.74, 6) is -0.248. The van der Waals surface area contributed by atoms with Crippen LogP contribution in [-0.4, -0.2) is 15.8 Å². The first-order chi connectivity index (χ1) is 8.47. The van der Waals surface area contributed by atoms with Crippen LogP contribution >= 0.6 is 0 Å². The first-order valence-corrected chi connectivity index (χ1v) is 5.60.